The number of guanidine groups is 1. The lowest BCUT2D eigenvalue weighted by molar-refractivity contribution is 0.253. The first-order chi connectivity index (χ1) is 8.69. The second-order valence-electron chi connectivity index (χ2n) is 4.88. The predicted molar refractivity (Wildman–Crippen MR) is 98.0 cm³/mol. The second-order valence-corrected chi connectivity index (χ2v) is 5.87. The van der Waals surface area contributed by atoms with Gasteiger partial charge < -0.3 is 10.6 Å². The average Bonchev–Trinajstić information content (AvgIpc) is 3.19. The predicted octanol–water partition coefficient (Wildman–Crippen LogP) is 2.01. The Morgan fingerprint density at radius 3 is 2.63 bits per heavy atom. The van der Waals surface area contributed by atoms with Gasteiger partial charge in [-0.25, -0.2) is 0 Å². The Kier molecular flexibility index (Phi) is 11.2. The van der Waals surface area contributed by atoms with Crippen LogP contribution in [0, 0.1) is 0 Å². The molecule has 0 spiro atoms. The maximum Gasteiger partial charge on any atom is 0.191 e. The van der Waals surface area contributed by atoms with Crippen molar-refractivity contribution in [3.8, 4) is 0 Å². The normalized spacial score (nSPS) is 17.0. The number of halogens is 1. The monoisotopic (exact) mass is 400 g/mol. The number of nitrogens with zero attached hydrogens (tertiary/aromatic N) is 2. The quantitative estimate of drug-likeness (QED) is 0.283. The van der Waals surface area contributed by atoms with Crippen LogP contribution in [0.2, 0.25) is 0 Å². The van der Waals surface area contributed by atoms with Crippen molar-refractivity contribution in [3.05, 3.63) is 0 Å². The van der Waals surface area contributed by atoms with Crippen molar-refractivity contribution in [3.63, 3.8) is 0 Å². The maximum atomic E-state index is 4.66. The molecule has 114 valence electrons. The standard InChI is InChI=1S/C13H28N4S.HI/c1-5-14-13(15-8-9-18-4)16-10-11(2)17(3)12-6-7-12;/h11-12H,5-10H2,1-4H3,(H2,14,15,16);1H. The van der Waals surface area contributed by atoms with Crippen LogP contribution in [0.25, 0.3) is 0 Å². The van der Waals surface area contributed by atoms with Crippen molar-refractivity contribution >= 4 is 41.7 Å². The van der Waals surface area contributed by atoms with Crippen LogP contribution in [-0.4, -0.2) is 61.6 Å². The smallest absolute Gasteiger partial charge is 0.191 e. The summed E-state index contributed by atoms with van der Waals surface area (Å²) in [5, 5.41) is 6.65. The Bertz CT molecular complexity index is 259. The maximum absolute atomic E-state index is 4.66. The molecule has 0 amide bonds. The Hall–Kier alpha value is 0.310. The molecule has 0 aromatic heterocycles. The molecule has 1 aliphatic rings. The highest BCUT2D eigenvalue weighted by Crippen LogP contribution is 2.26. The van der Waals surface area contributed by atoms with Gasteiger partial charge in [0.1, 0.15) is 0 Å². The summed E-state index contributed by atoms with van der Waals surface area (Å²) < 4.78 is 0. The summed E-state index contributed by atoms with van der Waals surface area (Å²) in [6.45, 7) is 7.11. The number of thioether (sulfide) groups is 1. The van der Waals surface area contributed by atoms with Crippen molar-refractivity contribution in [2.45, 2.75) is 38.8 Å². The van der Waals surface area contributed by atoms with Gasteiger partial charge in [-0.2, -0.15) is 11.8 Å². The van der Waals surface area contributed by atoms with E-state index in [0.717, 1.165) is 37.4 Å². The highest BCUT2D eigenvalue weighted by Gasteiger charge is 2.28. The lowest BCUT2D eigenvalue weighted by atomic mass is 10.3. The van der Waals surface area contributed by atoms with Crippen LogP contribution in [0.4, 0.5) is 0 Å². The number of rotatable bonds is 8. The largest absolute Gasteiger partial charge is 0.357 e. The molecule has 0 aromatic carbocycles. The SMILES string of the molecule is CCNC(=NCC(C)N(C)C1CC1)NCCSC.I. The van der Waals surface area contributed by atoms with E-state index in [0.29, 0.717) is 6.04 Å². The summed E-state index contributed by atoms with van der Waals surface area (Å²) in [7, 11) is 2.21. The van der Waals surface area contributed by atoms with Gasteiger partial charge in [-0.3, -0.25) is 9.89 Å². The van der Waals surface area contributed by atoms with Gasteiger partial charge in [-0.05, 0) is 40.0 Å². The molecule has 1 atom stereocenters. The van der Waals surface area contributed by atoms with E-state index >= 15 is 0 Å². The Labute approximate surface area is 139 Å². The summed E-state index contributed by atoms with van der Waals surface area (Å²) in [4.78, 5) is 7.11. The zero-order valence-electron chi connectivity index (χ0n) is 12.6. The molecule has 2 N–H and O–H groups in total. The van der Waals surface area contributed by atoms with E-state index in [9.17, 15) is 0 Å². The number of aliphatic imine (C=N–C) groups is 1. The molecule has 1 rings (SSSR count). The minimum atomic E-state index is 0. The second kappa shape index (κ2) is 11.0. The van der Waals surface area contributed by atoms with Crippen LogP contribution in [0.15, 0.2) is 4.99 Å². The third kappa shape index (κ3) is 8.24. The first-order valence-corrected chi connectivity index (χ1v) is 8.31. The minimum Gasteiger partial charge on any atom is -0.357 e. The summed E-state index contributed by atoms with van der Waals surface area (Å²) in [6.07, 6.45) is 4.84. The number of nitrogens with one attached hydrogen (secondary N) is 2. The van der Waals surface area contributed by atoms with Gasteiger partial charge in [0, 0.05) is 30.9 Å². The van der Waals surface area contributed by atoms with Crippen LogP contribution in [0.1, 0.15) is 26.7 Å². The Balaban J connectivity index is 0.00000324. The molecule has 0 aromatic rings. The molecular weight excluding hydrogens is 371 g/mol. The third-order valence-electron chi connectivity index (χ3n) is 3.27. The van der Waals surface area contributed by atoms with E-state index in [2.05, 4.69) is 47.7 Å². The number of hydrogen-bond donors (Lipinski definition) is 2. The average molecular weight is 400 g/mol. The van der Waals surface area contributed by atoms with E-state index in [4.69, 9.17) is 0 Å². The van der Waals surface area contributed by atoms with Gasteiger partial charge in [-0.15, -0.1) is 24.0 Å². The van der Waals surface area contributed by atoms with E-state index in [1.807, 2.05) is 11.8 Å². The highest BCUT2D eigenvalue weighted by atomic mass is 127. The first kappa shape index (κ1) is 19.3. The fourth-order valence-electron chi connectivity index (χ4n) is 1.81. The van der Waals surface area contributed by atoms with Gasteiger partial charge in [0.2, 0.25) is 0 Å². The summed E-state index contributed by atoms with van der Waals surface area (Å²) in [5.74, 6) is 2.06. The van der Waals surface area contributed by atoms with Crippen LogP contribution < -0.4 is 10.6 Å². The molecule has 1 unspecified atom stereocenters. The highest BCUT2D eigenvalue weighted by molar-refractivity contribution is 14.0. The van der Waals surface area contributed by atoms with Crippen molar-refractivity contribution in [1.29, 1.82) is 0 Å². The zero-order valence-corrected chi connectivity index (χ0v) is 15.8. The number of likely N-dealkylation sites (N-methyl/N-ethyl adjacent to an activating group) is 1. The summed E-state index contributed by atoms with van der Waals surface area (Å²) in [6, 6.07) is 1.33. The molecule has 1 aliphatic carbocycles. The van der Waals surface area contributed by atoms with Gasteiger partial charge in [0.05, 0.1) is 6.54 Å². The molecule has 6 heteroatoms. The molecule has 19 heavy (non-hydrogen) atoms. The molecule has 0 saturated heterocycles. The van der Waals surface area contributed by atoms with Crippen molar-refractivity contribution in [2.75, 3.05) is 38.7 Å². The van der Waals surface area contributed by atoms with E-state index in [-0.39, 0.29) is 24.0 Å². The molecule has 0 bridgehead atoms. The van der Waals surface area contributed by atoms with Crippen molar-refractivity contribution < 1.29 is 0 Å². The zero-order chi connectivity index (χ0) is 13.4. The van der Waals surface area contributed by atoms with Crippen LogP contribution in [-0.2, 0) is 0 Å². The van der Waals surface area contributed by atoms with Crippen LogP contribution in [0.3, 0.4) is 0 Å². The van der Waals surface area contributed by atoms with Gasteiger partial charge in [0.15, 0.2) is 5.96 Å². The molecule has 0 heterocycles. The summed E-state index contributed by atoms with van der Waals surface area (Å²) in [5.41, 5.74) is 0. The molecule has 1 fully saturated rings. The molecule has 4 nitrogen and oxygen atoms in total. The molecule has 1 saturated carbocycles. The summed E-state index contributed by atoms with van der Waals surface area (Å²) >= 11 is 1.85. The van der Waals surface area contributed by atoms with E-state index in [1.165, 1.54) is 12.8 Å². The van der Waals surface area contributed by atoms with Crippen LogP contribution in [0.5, 0.6) is 0 Å². The Morgan fingerprint density at radius 2 is 2.11 bits per heavy atom. The first-order valence-electron chi connectivity index (χ1n) is 6.92. The number of hydrogen-bond acceptors (Lipinski definition) is 3. The lowest BCUT2D eigenvalue weighted by Crippen LogP contribution is -2.40. The minimum absolute atomic E-state index is 0. The van der Waals surface area contributed by atoms with E-state index in [1.54, 1.807) is 0 Å². The van der Waals surface area contributed by atoms with Gasteiger partial charge in [-0.1, -0.05) is 0 Å². The lowest BCUT2D eigenvalue weighted by Gasteiger charge is -2.23. The van der Waals surface area contributed by atoms with E-state index < -0.39 is 0 Å². The third-order valence-corrected chi connectivity index (χ3v) is 3.89. The van der Waals surface area contributed by atoms with Gasteiger partial charge >= 0.3 is 0 Å². The van der Waals surface area contributed by atoms with Crippen molar-refractivity contribution in [2.24, 2.45) is 4.99 Å². The molecular formula is C13H29IN4S. The van der Waals surface area contributed by atoms with Crippen molar-refractivity contribution in [1.82, 2.24) is 15.5 Å². The molecule has 0 radical (unpaired) electrons. The molecule has 0 aliphatic heterocycles. The fourth-order valence-corrected chi connectivity index (χ4v) is 2.11. The van der Waals surface area contributed by atoms with Gasteiger partial charge in [0.25, 0.3) is 0 Å². The topological polar surface area (TPSA) is 39.7 Å². The fraction of sp³-hybridized carbons (Fsp3) is 0.923. The van der Waals surface area contributed by atoms with Crippen LogP contribution >= 0.6 is 35.7 Å². The Morgan fingerprint density at radius 1 is 1.42 bits per heavy atom.